The van der Waals surface area contributed by atoms with Crippen molar-refractivity contribution >= 4 is 35.1 Å². The van der Waals surface area contributed by atoms with E-state index in [0.29, 0.717) is 21.2 Å². The zero-order valence-corrected chi connectivity index (χ0v) is 12.9. The van der Waals surface area contributed by atoms with Crippen molar-refractivity contribution in [3.05, 3.63) is 69.7 Å². The van der Waals surface area contributed by atoms with Crippen molar-refractivity contribution in [2.45, 2.75) is 12.5 Å². The Morgan fingerprint density at radius 3 is 1.95 bits per heavy atom. The van der Waals surface area contributed by atoms with Crippen LogP contribution in [0.1, 0.15) is 28.4 Å². The van der Waals surface area contributed by atoms with Gasteiger partial charge in [0, 0.05) is 15.6 Å². The first-order chi connectivity index (χ1) is 10.5. The molecule has 6 heteroatoms. The first kappa shape index (κ1) is 16.3. The van der Waals surface area contributed by atoms with E-state index in [1.54, 1.807) is 48.5 Å². The van der Waals surface area contributed by atoms with Crippen LogP contribution in [0.3, 0.4) is 0 Å². The molecule has 2 rings (SSSR count). The van der Waals surface area contributed by atoms with Crippen LogP contribution in [0.2, 0.25) is 10.0 Å². The second-order valence-corrected chi connectivity index (χ2v) is 5.56. The monoisotopic (exact) mass is 337 g/mol. The number of amides is 1. The smallest absolute Gasteiger partial charge is 0.305 e. The molecular weight excluding hydrogens is 325 g/mol. The van der Waals surface area contributed by atoms with Crippen molar-refractivity contribution in [1.82, 2.24) is 5.32 Å². The van der Waals surface area contributed by atoms with Crippen LogP contribution in [0.15, 0.2) is 48.5 Å². The maximum Gasteiger partial charge on any atom is 0.305 e. The Morgan fingerprint density at radius 1 is 0.955 bits per heavy atom. The van der Waals surface area contributed by atoms with Gasteiger partial charge in [0.1, 0.15) is 0 Å². The topological polar surface area (TPSA) is 66.4 Å². The van der Waals surface area contributed by atoms with Crippen LogP contribution in [0.4, 0.5) is 0 Å². The summed E-state index contributed by atoms with van der Waals surface area (Å²) in [5, 5.41) is 12.8. The van der Waals surface area contributed by atoms with Crippen molar-refractivity contribution in [2.75, 3.05) is 0 Å². The van der Waals surface area contributed by atoms with E-state index >= 15 is 0 Å². The van der Waals surface area contributed by atoms with E-state index in [9.17, 15) is 9.59 Å². The highest BCUT2D eigenvalue weighted by atomic mass is 35.5. The summed E-state index contributed by atoms with van der Waals surface area (Å²) in [6.07, 6.45) is -0.221. The van der Waals surface area contributed by atoms with Gasteiger partial charge in [-0.15, -0.1) is 0 Å². The molecular formula is C16H13Cl2NO3. The Morgan fingerprint density at radius 2 is 1.45 bits per heavy atom. The Labute approximate surface area is 137 Å². The largest absolute Gasteiger partial charge is 0.481 e. The van der Waals surface area contributed by atoms with Crippen LogP contribution in [0, 0.1) is 0 Å². The number of carboxylic acids is 1. The van der Waals surface area contributed by atoms with Crippen molar-refractivity contribution in [3.8, 4) is 0 Å². The van der Waals surface area contributed by atoms with E-state index in [4.69, 9.17) is 28.3 Å². The van der Waals surface area contributed by atoms with E-state index in [2.05, 4.69) is 5.32 Å². The average molecular weight is 338 g/mol. The molecule has 1 amide bonds. The number of rotatable bonds is 5. The van der Waals surface area contributed by atoms with Gasteiger partial charge in [-0.3, -0.25) is 9.59 Å². The van der Waals surface area contributed by atoms with Crippen molar-refractivity contribution in [2.24, 2.45) is 0 Å². The highest BCUT2D eigenvalue weighted by Gasteiger charge is 2.19. The van der Waals surface area contributed by atoms with Gasteiger partial charge in [-0.05, 0) is 42.0 Å². The molecule has 0 bridgehead atoms. The third-order valence-electron chi connectivity index (χ3n) is 3.06. The number of carboxylic acid groups (broad SMARTS) is 1. The molecule has 2 aromatic rings. The Kier molecular flexibility index (Phi) is 5.41. The molecule has 0 aromatic heterocycles. The second kappa shape index (κ2) is 7.29. The summed E-state index contributed by atoms with van der Waals surface area (Å²) in [4.78, 5) is 23.2. The van der Waals surface area contributed by atoms with E-state index < -0.39 is 12.0 Å². The number of carbonyl (C=O) groups excluding carboxylic acids is 1. The molecule has 2 N–H and O–H groups in total. The minimum absolute atomic E-state index is 0.221. The minimum atomic E-state index is -1.00. The van der Waals surface area contributed by atoms with E-state index in [0.717, 1.165) is 0 Å². The predicted octanol–water partition coefficient (Wildman–Crippen LogP) is 3.94. The lowest BCUT2D eigenvalue weighted by molar-refractivity contribution is -0.137. The lowest BCUT2D eigenvalue weighted by Gasteiger charge is -2.17. The van der Waals surface area contributed by atoms with Crippen LogP contribution in [-0.4, -0.2) is 17.0 Å². The molecule has 0 radical (unpaired) electrons. The van der Waals surface area contributed by atoms with Gasteiger partial charge in [0.2, 0.25) is 0 Å². The predicted molar refractivity (Wildman–Crippen MR) is 85.4 cm³/mol. The molecule has 2 aromatic carbocycles. The van der Waals surface area contributed by atoms with Gasteiger partial charge in [0.25, 0.3) is 5.91 Å². The Balaban J connectivity index is 2.19. The summed E-state index contributed by atoms with van der Waals surface area (Å²) in [6.45, 7) is 0. The molecule has 114 valence electrons. The number of halogens is 2. The molecule has 0 aliphatic carbocycles. The van der Waals surface area contributed by atoms with Gasteiger partial charge in [-0.1, -0.05) is 35.3 Å². The standard InChI is InChI=1S/C16H13Cl2NO3/c17-12-5-1-10(2-6-12)14(9-15(20)21)19-16(22)11-3-7-13(18)8-4-11/h1-8,14H,9H2,(H,19,22)(H,20,21)/t14-/m0/s1. The number of aliphatic carboxylic acids is 1. The number of benzene rings is 2. The minimum Gasteiger partial charge on any atom is -0.481 e. The SMILES string of the molecule is O=C(O)C[C@H](NC(=O)c1ccc(Cl)cc1)c1ccc(Cl)cc1. The molecule has 0 spiro atoms. The number of nitrogens with one attached hydrogen (secondary N) is 1. The van der Waals surface area contributed by atoms with Crippen LogP contribution >= 0.6 is 23.2 Å². The van der Waals surface area contributed by atoms with Gasteiger partial charge >= 0.3 is 5.97 Å². The molecule has 1 atom stereocenters. The molecule has 0 saturated heterocycles. The van der Waals surface area contributed by atoms with Crippen LogP contribution in [-0.2, 0) is 4.79 Å². The van der Waals surface area contributed by atoms with Crippen molar-refractivity contribution in [1.29, 1.82) is 0 Å². The molecule has 0 aliphatic rings. The van der Waals surface area contributed by atoms with Gasteiger partial charge in [0.15, 0.2) is 0 Å². The normalized spacial score (nSPS) is 11.7. The van der Waals surface area contributed by atoms with E-state index in [1.807, 2.05) is 0 Å². The quantitative estimate of drug-likeness (QED) is 0.868. The third kappa shape index (κ3) is 4.48. The zero-order valence-electron chi connectivity index (χ0n) is 11.4. The molecule has 0 fully saturated rings. The average Bonchev–Trinajstić information content (AvgIpc) is 2.47. The lowest BCUT2D eigenvalue weighted by atomic mass is 10.0. The maximum atomic E-state index is 12.2. The van der Waals surface area contributed by atoms with Gasteiger partial charge in [-0.25, -0.2) is 0 Å². The van der Waals surface area contributed by atoms with E-state index in [-0.39, 0.29) is 12.3 Å². The van der Waals surface area contributed by atoms with E-state index in [1.165, 1.54) is 0 Å². The van der Waals surface area contributed by atoms with Gasteiger partial charge in [0.05, 0.1) is 12.5 Å². The Hall–Kier alpha value is -2.04. The van der Waals surface area contributed by atoms with Crippen LogP contribution < -0.4 is 5.32 Å². The summed E-state index contributed by atoms with van der Waals surface area (Å²) in [5.74, 6) is -1.37. The molecule has 0 saturated carbocycles. The summed E-state index contributed by atoms with van der Waals surface area (Å²) >= 11 is 11.6. The first-order valence-corrected chi connectivity index (χ1v) is 7.25. The Bertz CT molecular complexity index is 669. The second-order valence-electron chi connectivity index (χ2n) is 4.68. The fourth-order valence-electron chi connectivity index (χ4n) is 1.96. The molecule has 4 nitrogen and oxygen atoms in total. The molecule has 0 aliphatic heterocycles. The molecule has 0 unspecified atom stereocenters. The molecule has 0 heterocycles. The van der Waals surface area contributed by atoms with Crippen LogP contribution in [0.5, 0.6) is 0 Å². The third-order valence-corrected chi connectivity index (χ3v) is 3.57. The zero-order chi connectivity index (χ0) is 16.1. The number of carbonyl (C=O) groups is 2. The summed E-state index contributed by atoms with van der Waals surface area (Å²) in [6, 6.07) is 12.4. The van der Waals surface area contributed by atoms with Crippen molar-refractivity contribution < 1.29 is 14.7 Å². The number of hydrogen-bond donors (Lipinski definition) is 2. The fraction of sp³-hybridized carbons (Fsp3) is 0.125. The highest BCUT2D eigenvalue weighted by molar-refractivity contribution is 6.30. The van der Waals surface area contributed by atoms with Gasteiger partial charge < -0.3 is 10.4 Å². The summed E-state index contributed by atoms with van der Waals surface area (Å²) < 4.78 is 0. The number of hydrogen-bond acceptors (Lipinski definition) is 2. The fourth-order valence-corrected chi connectivity index (χ4v) is 2.22. The first-order valence-electron chi connectivity index (χ1n) is 6.49. The summed E-state index contributed by atoms with van der Waals surface area (Å²) in [5.41, 5.74) is 1.09. The molecule has 22 heavy (non-hydrogen) atoms. The maximum absolute atomic E-state index is 12.2. The van der Waals surface area contributed by atoms with Gasteiger partial charge in [-0.2, -0.15) is 0 Å². The lowest BCUT2D eigenvalue weighted by Crippen LogP contribution is -2.30. The highest BCUT2D eigenvalue weighted by Crippen LogP contribution is 2.20. The van der Waals surface area contributed by atoms with Crippen molar-refractivity contribution in [3.63, 3.8) is 0 Å². The van der Waals surface area contributed by atoms with Crippen LogP contribution in [0.25, 0.3) is 0 Å². The summed E-state index contributed by atoms with van der Waals surface area (Å²) in [7, 11) is 0.